The summed E-state index contributed by atoms with van der Waals surface area (Å²) >= 11 is 0. The number of alkyl halides is 2. The molecule has 0 bridgehead atoms. The van der Waals surface area contributed by atoms with Gasteiger partial charge in [0.25, 0.3) is 0 Å². The Bertz CT molecular complexity index is 141. The van der Waals surface area contributed by atoms with Gasteiger partial charge in [-0.3, -0.25) is 0 Å². The monoisotopic (exact) mass is 168 g/mol. The van der Waals surface area contributed by atoms with Gasteiger partial charge in [0.2, 0.25) is 5.92 Å². The van der Waals surface area contributed by atoms with E-state index in [2.05, 4.69) is 4.74 Å². The van der Waals surface area contributed by atoms with Crippen LogP contribution in [0.15, 0.2) is 0 Å². The molecule has 0 aromatic rings. The van der Waals surface area contributed by atoms with Gasteiger partial charge < -0.3 is 9.84 Å². The first-order valence-corrected chi connectivity index (χ1v) is 3.00. The summed E-state index contributed by atoms with van der Waals surface area (Å²) in [5, 5.41) is 8.28. The Labute approximate surface area is 63.0 Å². The first-order chi connectivity index (χ1) is 4.87. The van der Waals surface area contributed by atoms with E-state index in [9.17, 15) is 13.6 Å². The maximum atomic E-state index is 12.2. The Balaban J connectivity index is 3.99. The van der Waals surface area contributed by atoms with E-state index in [4.69, 9.17) is 5.11 Å². The summed E-state index contributed by atoms with van der Waals surface area (Å²) in [6.45, 7) is 0.655. The number of ether oxygens (including phenoxy) is 1. The largest absolute Gasteiger partial charge is 0.479 e. The second kappa shape index (κ2) is 3.61. The molecule has 0 aliphatic carbocycles. The van der Waals surface area contributed by atoms with Crippen LogP contribution in [-0.4, -0.2) is 30.2 Å². The van der Waals surface area contributed by atoms with Gasteiger partial charge in [-0.05, 0) is 6.92 Å². The number of methoxy groups -OCH3 is 1. The van der Waals surface area contributed by atoms with Crippen LogP contribution in [-0.2, 0) is 9.53 Å². The third-order valence-corrected chi connectivity index (χ3v) is 1.10. The van der Waals surface area contributed by atoms with E-state index in [0.717, 1.165) is 7.11 Å². The molecule has 0 spiro atoms. The van der Waals surface area contributed by atoms with Gasteiger partial charge in [0.1, 0.15) is 0 Å². The average molecular weight is 168 g/mol. The molecule has 3 nitrogen and oxygen atoms in total. The molecule has 0 saturated carbocycles. The SMILES string of the molecule is COC(CC(C)(F)F)C(=O)O. The van der Waals surface area contributed by atoms with Gasteiger partial charge in [-0.1, -0.05) is 0 Å². The summed E-state index contributed by atoms with van der Waals surface area (Å²) in [5.74, 6) is -4.37. The number of hydrogen-bond acceptors (Lipinski definition) is 2. The highest BCUT2D eigenvalue weighted by Crippen LogP contribution is 2.20. The maximum absolute atomic E-state index is 12.2. The van der Waals surface area contributed by atoms with Gasteiger partial charge >= 0.3 is 5.97 Å². The topological polar surface area (TPSA) is 46.5 Å². The van der Waals surface area contributed by atoms with E-state index < -0.39 is 24.4 Å². The molecular formula is C6H10F2O3. The molecule has 11 heavy (non-hydrogen) atoms. The molecule has 0 aromatic carbocycles. The van der Waals surface area contributed by atoms with Gasteiger partial charge in [-0.25, -0.2) is 13.6 Å². The Morgan fingerprint density at radius 1 is 1.73 bits per heavy atom. The van der Waals surface area contributed by atoms with Crippen LogP contribution in [0.4, 0.5) is 8.78 Å². The van der Waals surface area contributed by atoms with E-state index in [1.807, 2.05) is 0 Å². The Hall–Kier alpha value is -0.710. The number of hydrogen-bond donors (Lipinski definition) is 1. The van der Waals surface area contributed by atoms with E-state index in [-0.39, 0.29) is 0 Å². The smallest absolute Gasteiger partial charge is 0.333 e. The Morgan fingerprint density at radius 2 is 2.18 bits per heavy atom. The summed E-state index contributed by atoms with van der Waals surface area (Å²) < 4.78 is 28.7. The molecule has 66 valence electrons. The van der Waals surface area contributed by atoms with Crippen molar-refractivity contribution in [2.75, 3.05) is 7.11 Å². The lowest BCUT2D eigenvalue weighted by molar-refractivity contribution is -0.153. The van der Waals surface area contributed by atoms with Crippen LogP contribution in [0.5, 0.6) is 0 Å². The summed E-state index contributed by atoms with van der Waals surface area (Å²) in [6, 6.07) is 0. The quantitative estimate of drug-likeness (QED) is 0.684. The number of halogens is 2. The minimum atomic E-state index is -3.00. The molecule has 0 aliphatic rings. The van der Waals surface area contributed by atoms with E-state index in [1.165, 1.54) is 0 Å². The number of aliphatic carboxylic acids is 1. The lowest BCUT2D eigenvalue weighted by atomic mass is 10.2. The van der Waals surface area contributed by atoms with Crippen LogP contribution >= 0.6 is 0 Å². The van der Waals surface area contributed by atoms with Gasteiger partial charge in [-0.15, -0.1) is 0 Å². The number of carboxylic acid groups (broad SMARTS) is 1. The van der Waals surface area contributed by atoms with Crippen LogP contribution < -0.4 is 0 Å². The van der Waals surface area contributed by atoms with Crippen molar-refractivity contribution in [2.45, 2.75) is 25.4 Å². The van der Waals surface area contributed by atoms with Crippen molar-refractivity contribution >= 4 is 5.97 Å². The van der Waals surface area contributed by atoms with Gasteiger partial charge in [0.15, 0.2) is 6.10 Å². The fourth-order valence-electron chi connectivity index (χ4n) is 0.597. The number of carboxylic acids is 1. The van der Waals surface area contributed by atoms with Crippen molar-refractivity contribution in [3.05, 3.63) is 0 Å². The molecule has 0 aromatic heterocycles. The van der Waals surface area contributed by atoms with Crippen molar-refractivity contribution in [3.8, 4) is 0 Å². The summed E-state index contributed by atoms with van der Waals surface area (Å²) in [6.07, 6.45) is -2.21. The summed E-state index contributed by atoms with van der Waals surface area (Å²) in [5.41, 5.74) is 0. The zero-order valence-electron chi connectivity index (χ0n) is 6.30. The van der Waals surface area contributed by atoms with Crippen LogP contribution in [0.3, 0.4) is 0 Å². The minimum absolute atomic E-state index is 0.655. The Morgan fingerprint density at radius 3 is 2.27 bits per heavy atom. The molecule has 0 aliphatic heterocycles. The molecular weight excluding hydrogens is 158 g/mol. The first-order valence-electron chi connectivity index (χ1n) is 3.00. The van der Waals surface area contributed by atoms with Crippen LogP contribution in [0.1, 0.15) is 13.3 Å². The molecule has 1 N–H and O–H groups in total. The third kappa shape index (κ3) is 4.66. The predicted octanol–water partition coefficient (Wildman–Crippen LogP) is 1.13. The van der Waals surface area contributed by atoms with Crippen molar-refractivity contribution in [1.29, 1.82) is 0 Å². The molecule has 0 fully saturated rings. The van der Waals surface area contributed by atoms with Crippen LogP contribution in [0, 0.1) is 0 Å². The highest BCUT2D eigenvalue weighted by atomic mass is 19.3. The van der Waals surface area contributed by atoms with Crippen LogP contribution in [0.25, 0.3) is 0 Å². The van der Waals surface area contributed by atoms with Gasteiger partial charge in [0.05, 0.1) is 0 Å². The molecule has 1 atom stereocenters. The standard InChI is InChI=1S/C6H10F2O3/c1-6(7,8)3-4(11-2)5(9)10/h4H,3H2,1-2H3,(H,9,10). The second-order valence-electron chi connectivity index (χ2n) is 2.34. The first kappa shape index (κ1) is 10.3. The van der Waals surface area contributed by atoms with Crippen molar-refractivity contribution in [3.63, 3.8) is 0 Å². The van der Waals surface area contributed by atoms with E-state index in [1.54, 1.807) is 0 Å². The molecule has 0 saturated heterocycles. The maximum Gasteiger partial charge on any atom is 0.333 e. The van der Waals surface area contributed by atoms with Gasteiger partial charge in [-0.2, -0.15) is 0 Å². The average Bonchev–Trinajstić information content (AvgIpc) is 1.80. The van der Waals surface area contributed by atoms with Crippen molar-refractivity contribution < 1.29 is 23.4 Å². The zero-order valence-corrected chi connectivity index (χ0v) is 6.30. The predicted molar refractivity (Wildman–Crippen MR) is 33.7 cm³/mol. The number of rotatable bonds is 4. The minimum Gasteiger partial charge on any atom is -0.479 e. The molecule has 5 heteroatoms. The molecule has 0 rings (SSSR count). The fourth-order valence-corrected chi connectivity index (χ4v) is 0.597. The third-order valence-electron chi connectivity index (χ3n) is 1.10. The van der Waals surface area contributed by atoms with Crippen LogP contribution in [0.2, 0.25) is 0 Å². The lowest BCUT2D eigenvalue weighted by Crippen LogP contribution is -2.29. The fraction of sp³-hybridized carbons (Fsp3) is 0.833. The molecule has 0 radical (unpaired) electrons. The zero-order chi connectivity index (χ0) is 9.07. The number of carbonyl (C=O) groups is 1. The van der Waals surface area contributed by atoms with Gasteiger partial charge in [0, 0.05) is 13.5 Å². The Kier molecular flexibility index (Phi) is 3.38. The molecule has 1 unspecified atom stereocenters. The highest BCUT2D eigenvalue weighted by molar-refractivity contribution is 5.72. The lowest BCUT2D eigenvalue weighted by Gasteiger charge is -2.14. The van der Waals surface area contributed by atoms with Crippen molar-refractivity contribution in [1.82, 2.24) is 0 Å². The van der Waals surface area contributed by atoms with Crippen molar-refractivity contribution in [2.24, 2.45) is 0 Å². The summed E-state index contributed by atoms with van der Waals surface area (Å²) in [7, 11) is 1.09. The van der Waals surface area contributed by atoms with E-state index in [0.29, 0.717) is 6.92 Å². The molecule has 0 heterocycles. The summed E-state index contributed by atoms with van der Waals surface area (Å²) in [4.78, 5) is 10.1. The highest BCUT2D eigenvalue weighted by Gasteiger charge is 2.30. The van der Waals surface area contributed by atoms with E-state index >= 15 is 0 Å². The normalized spacial score (nSPS) is 14.5. The molecule has 0 amide bonds. The second-order valence-corrected chi connectivity index (χ2v) is 2.34.